The second-order valence-electron chi connectivity index (χ2n) is 5.52. The van der Waals surface area contributed by atoms with Gasteiger partial charge < -0.3 is 14.4 Å². The highest BCUT2D eigenvalue weighted by molar-refractivity contribution is 6.01. The van der Waals surface area contributed by atoms with Crippen LogP contribution < -0.4 is 4.74 Å². The molecule has 0 atom stereocenters. The predicted molar refractivity (Wildman–Crippen MR) is 96.0 cm³/mol. The number of para-hydroxylation sites is 1. The molecular weight excluding hydrogens is 377 g/mol. The van der Waals surface area contributed by atoms with Crippen molar-refractivity contribution in [3.05, 3.63) is 65.2 Å². The zero-order valence-electron chi connectivity index (χ0n) is 15.3. The molecule has 0 radical (unpaired) electrons. The van der Waals surface area contributed by atoms with Crippen LogP contribution in [-0.2, 0) is 20.6 Å². The first kappa shape index (κ1) is 20.9. The first-order chi connectivity index (χ1) is 13.2. The fourth-order valence-electron chi connectivity index (χ4n) is 2.17. The van der Waals surface area contributed by atoms with Gasteiger partial charge in [0.15, 0.2) is 0 Å². The molecule has 0 unspecified atom stereocenters. The maximum atomic E-state index is 12.9. The van der Waals surface area contributed by atoms with Crippen molar-refractivity contribution in [2.24, 2.45) is 10.3 Å². The molecule has 0 bridgehead atoms. The lowest BCUT2D eigenvalue weighted by atomic mass is 10.1. The molecule has 0 saturated heterocycles. The lowest BCUT2D eigenvalue weighted by Gasteiger charge is -2.10. The normalized spacial score (nSPS) is 12.5. The van der Waals surface area contributed by atoms with E-state index in [-0.39, 0.29) is 28.5 Å². The van der Waals surface area contributed by atoms with E-state index in [0.717, 1.165) is 12.1 Å². The number of alkyl halides is 3. The van der Waals surface area contributed by atoms with E-state index in [1.165, 1.54) is 39.2 Å². The largest absolute Gasteiger partial charge is 0.426 e. The van der Waals surface area contributed by atoms with Crippen LogP contribution in [0.4, 0.5) is 13.2 Å². The number of oxime groups is 2. The van der Waals surface area contributed by atoms with E-state index in [0.29, 0.717) is 0 Å². The molecular formula is C19H17F3N2O4. The summed E-state index contributed by atoms with van der Waals surface area (Å²) in [6, 6.07) is 11.0. The van der Waals surface area contributed by atoms with E-state index < -0.39 is 17.7 Å². The van der Waals surface area contributed by atoms with Crippen molar-refractivity contribution in [2.45, 2.75) is 20.0 Å². The Balaban J connectivity index is 2.32. The third-order valence-corrected chi connectivity index (χ3v) is 3.42. The number of ether oxygens (including phenoxy) is 1. The highest BCUT2D eigenvalue weighted by Gasteiger charge is 2.30. The average molecular weight is 394 g/mol. The summed E-state index contributed by atoms with van der Waals surface area (Å²) >= 11 is 0. The van der Waals surface area contributed by atoms with Crippen molar-refractivity contribution in [3.63, 3.8) is 0 Å². The number of rotatable bonds is 5. The summed E-state index contributed by atoms with van der Waals surface area (Å²) < 4.78 is 43.7. The molecule has 0 saturated carbocycles. The molecule has 0 spiro atoms. The minimum absolute atomic E-state index is 0.134. The maximum Gasteiger partial charge on any atom is 0.416 e. The van der Waals surface area contributed by atoms with Crippen LogP contribution in [0.1, 0.15) is 30.5 Å². The zero-order chi connectivity index (χ0) is 20.7. The number of carbonyl (C=O) groups is 1. The number of nitrogens with zero attached hydrogens (tertiary/aromatic N) is 2. The second kappa shape index (κ2) is 9.03. The van der Waals surface area contributed by atoms with E-state index in [1.54, 1.807) is 18.2 Å². The fraction of sp³-hybridized carbons (Fsp3) is 0.211. The van der Waals surface area contributed by atoms with Crippen molar-refractivity contribution in [2.75, 3.05) is 7.11 Å². The van der Waals surface area contributed by atoms with Crippen LogP contribution in [0.3, 0.4) is 0 Å². The number of carbonyl (C=O) groups excluding carboxylic acids is 1. The molecule has 0 amide bonds. The summed E-state index contributed by atoms with van der Waals surface area (Å²) in [4.78, 5) is 21.3. The molecule has 0 aliphatic heterocycles. The van der Waals surface area contributed by atoms with Crippen LogP contribution in [-0.4, -0.2) is 24.7 Å². The van der Waals surface area contributed by atoms with Gasteiger partial charge in [-0.3, -0.25) is 4.79 Å². The summed E-state index contributed by atoms with van der Waals surface area (Å²) in [6.07, 6.45) is -4.47. The van der Waals surface area contributed by atoms with Crippen LogP contribution in [0.15, 0.2) is 58.8 Å². The van der Waals surface area contributed by atoms with Crippen molar-refractivity contribution >= 4 is 17.6 Å². The average Bonchev–Trinajstić information content (AvgIpc) is 2.64. The summed E-state index contributed by atoms with van der Waals surface area (Å²) in [6.45, 7) is 2.72. The molecule has 148 valence electrons. The van der Waals surface area contributed by atoms with Crippen molar-refractivity contribution in [3.8, 4) is 5.75 Å². The monoisotopic (exact) mass is 394 g/mol. The van der Waals surface area contributed by atoms with Gasteiger partial charge in [-0.25, -0.2) is 0 Å². The first-order valence-corrected chi connectivity index (χ1v) is 8.00. The lowest BCUT2D eigenvalue weighted by molar-refractivity contribution is -0.137. The van der Waals surface area contributed by atoms with Gasteiger partial charge in [-0.2, -0.15) is 13.2 Å². The van der Waals surface area contributed by atoms with Gasteiger partial charge in [-0.05, 0) is 41.9 Å². The Morgan fingerprint density at radius 3 is 2.36 bits per heavy atom. The van der Waals surface area contributed by atoms with Gasteiger partial charge in [0.05, 0.1) is 16.8 Å². The Kier molecular flexibility index (Phi) is 6.75. The minimum atomic E-state index is -4.47. The number of esters is 1. The third kappa shape index (κ3) is 5.57. The van der Waals surface area contributed by atoms with Crippen LogP contribution >= 0.6 is 0 Å². The van der Waals surface area contributed by atoms with Gasteiger partial charge in [0.25, 0.3) is 5.90 Å². The van der Waals surface area contributed by atoms with Gasteiger partial charge in [0.2, 0.25) is 0 Å². The standard InChI is InChI=1S/C19H17F3N2O4/c1-12(14-7-6-8-15(11-14)19(20,21)22)23-28-18(24-26-3)16-9-4-5-10-17(16)27-13(2)25/h4-11H,1-3H3/b23-12+,24-18+. The molecule has 2 rings (SSSR count). The highest BCUT2D eigenvalue weighted by atomic mass is 19.4. The molecule has 0 aliphatic carbocycles. The van der Waals surface area contributed by atoms with E-state index in [1.807, 2.05) is 0 Å². The highest BCUT2D eigenvalue weighted by Crippen LogP contribution is 2.29. The number of hydrogen-bond acceptors (Lipinski definition) is 6. The van der Waals surface area contributed by atoms with Gasteiger partial charge in [-0.1, -0.05) is 29.4 Å². The Hall–Kier alpha value is -3.36. The summed E-state index contributed by atoms with van der Waals surface area (Å²) in [7, 11) is 1.28. The first-order valence-electron chi connectivity index (χ1n) is 8.00. The molecule has 0 heterocycles. The van der Waals surface area contributed by atoms with E-state index in [2.05, 4.69) is 10.3 Å². The topological polar surface area (TPSA) is 69.5 Å². The molecule has 2 aromatic carbocycles. The number of benzene rings is 2. The minimum Gasteiger partial charge on any atom is -0.426 e. The second-order valence-corrected chi connectivity index (χ2v) is 5.52. The predicted octanol–water partition coefficient (Wildman–Crippen LogP) is 4.38. The summed E-state index contributed by atoms with van der Waals surface area (Å²) in [5, 5.41) is 7.53. The molecule has 0 N–H and O–H groups in total. The van der Waals surface area contributed by atoms with Gasteiger partial charge in [0.1, 0.15) is 12.9 Å². The Morgan fingerprint density at radius 2 is 1.71 bits per heavy atom. The molecule has 6 nitrogen and oxygen atoms in total. The summed E-state index contributed by atoms with van der Waals surface area (Å²) in [5.74, 6) is -0.517. The molecule has 2 aromatic rings. The van der Waals surface area contributed by atoms with Crippen molar-refractivity contribution < 1.29 is 32.4 Å². The molecule has 0 aliphatic rings. The van der Waals surface area contributed by atoms with Crippen LogP contribution in [0.5, 0.6) is 5.75 Å². The van der Waals surface area contributed by atoms with Crippen LogP contribution in [0.2, 0.25) is 0 Å². The smallest absolute Gasteiger partial charge is 0.416 e. The fourth-order valence-corrected chi connectivity index (χ4v) is 2.17. The third-order valence-electron chi connectivity index (χ3n) is 3.42. The van der Waals surface area contributed by atoms with E-state index >= 15 is 0 Å². The quantitative estimate of drug-likeness (QED) is 0.248. The van der Waals surface area contributed by atoms with Gasteiger partial charge in [0, 0.05) is 6.92 Å². The van der Waals surface area contributed by atoms with Gasteiger partial charge >= 0.3 is 12.1 Å². The van der Waals surface area contributed by atoms with Crippen molar-refractivity contribution in [1.29, 1.82) is 0 Å². The van der Waals surface area contributed by atoms with Gasteiger partial charge in [-0.15, -0.1) is 0 Å². The van der Waals surface area contributed by atoms with Crippen LogP contribution in [0, 0.1) is 0 Å². The summed E-state index contributed by atoms with van der Waals surface area (Å²) in [5.41, 5.74) is -0.120. The maximum absolute atomic E-state index is 12.9. The molecule has 0 aromatic heterocycles. The Morgan fingerprint density at radius 1 is 1.00 bits per heavy atom. The lowest BCUT2D eigenvalue weighted by Crippen LogP contribution is -2.11. The van der Waals surface area contributed by atoms with Crippen LogP contribution in [0.25, 0.3) is 0 Å². The SMILES string of the molecule is CO/N=C(/O/N=C(\C)c1cccc(C(F)(F)F)c1)c1ccccc1OC(C)=O. The molecule has 0 fully saturated rings. The number of hydrogen-bond donors (Lipinski definition) is 0. The zero-order valence-corrected chi connectivity index (χ0v) is 15.3. The molecule has 9 heteroatoms. The van der Waals surface area contributed by atoms with E-state index in [4.69, 9.17) is 14.4 Å². The number of halogens is 3. The van der Waals surface area contributed by atoms with Crippen molar-refractivity contribution in [1.82, 2.24) is 0 Å². The Bertz CT molecular complexity index is 908. The Labute approximate surface area is 159 Å². The molecule has 28 heavy (non-hydrogen) atoms. The van der Waals surface area contributed by atoms with E-state index in [9.17, 15) is 18.0 Å².